The summed E-state index contributed by atoms with van der Waals surface area (Å²) in [6, 6.07) is 4.18. The first-order valence-corrected chi connectivity index (χ1v) is 7.37. The molecule has 1 amide bonds. The highest BCUT2D eigenvalue weighted by Crippen LogP contribution is 2.33. The molecule has 0 aliphatic rings. The van der Waals surface area contributed by atoms with E-state index in [2.05, 4.69) is 17.0 Å². The number of halogens is 3. The lowest BCUT2D eigenvalue weighted by Gasteiger charge is -2.23. The molecule has 136 valence electrons. The maximum absolute atomic E-state index is 13.0. The molecular weight excluding hydrogens is 349 g/mol. The zero-order valence-corrected chi connectivity index (χ0v) is 13.7. The second-order valence-corrected chi connectivity index (χ2v) is 5.67. The van der Waals surface area contributed by atoms with Crippen molar-refractivity contribution < 1.29 is 23.1 Å². The summed E-state index contributed by atoms with van der Waals surface area (Å²) in [5.41, 5.74) is -3.24. The maximum Gasteiger partial charge on any atom is 0.417 e. The second-order valence-electron chi connectivity index (χ2n) is 5.67. The third-order valence-corrected chi connectivity index (χ3v) is 3.60. The molecule has 0 saturated carbocycles. The highest BCUT2D eigenvalue weighted by Gasteiger charge is 2.36. The van der Waals surface area contributed by atoms with Crippen LogP contribution in [0.25, 0.3) is 0 Å². The number of aliphatic hydroxyl groups is 1. The summed E-state index contributed by atoms with van der Waals surface area (Å²) in [4.78, 5) is 12.4. The molecule has 1 atom stereocenters. The van der Waals surface area contributed by atoms with Crippen LogP contribution in [0.15, 0.2) is 43.2 Å². The van der Waals surface area contributed by atoms with Crippen molar-refractivity contribution in [3.05, 3.63) is 59.9 Å². The van der Waals surface area contributed by atoms with Crippen LogP contribution in [0, 0.1) is 18.3 Å². The molecule has 0 aliphatic heterocycles. The monoisotopic (exact) mass is 364 g/mol. The fourth-order valence-corrected chi connectivity index (χ4v) is 2.22. The van der Waals surface area contributed by atoms with Crippen LogP contribution in [0.1, 0.15) is 16.7 Å². The van der Waals surface area contributed by atoms with Crippen LogP contribution >= 0.6 is 0 Å². The largest absolute Gasteiger partial charge is 0.417 e. The summed E-state index contributed by atoms with van der Waals surface area (Å²) in [7, 11) is 0. The number of aryl methyl sites for hydroxylation is 1. The molecule has 6 nitrogen and oxygen atoms in total. The van der Waals surface area contributed by atoms with E-state index in [4.69, 9.17) is 5.26 Å². The van der Waals surface area contributed by atoms with Crippen molar-refractivity contribution in [2.75, 3.05) is 5.32 Å². The minimum atomic E-state index is -4.76. The fourth-order valence-electron chi connectivity index (χ4n) is 2.22. The fraction of sp³-hybridized carbons (Fsp3) is 0.235. The van der Waals surface area contributed by atoms with Gasteiger partial charge in [-0.2, -0.15) is 23.5 Å². The number of nitrogens with one attached hydrogen (secondary N) is 1. The van der Waals surface area contributed by atoms with E-state index in [0.717, 1.165) is 23.8 Å². The number of aromatic nitrogens is 2. The molecule has 0 spiro atoms. The van der Waals surface area contributed by atoms with Gasteiger partial charge < -0.3 is 10.4 Å². The van der Waals surface area contributed by atoms with Crippen molar-refractivity contribution in [3.63, 3.8) is 0 Å². The van der Waals surface area contributed by atoms with Crippen LogP contribution in [0.4, 0.5) is 18.9 Å². The van der Waals surface area contributed by atoms with E-state index in [1.54, 1.807) is 13.1 Å². The topological polar surface area (TPSA) is 90.9 Å². The number of carbonyl (C=O) groups is 1. The molecule has 26 heavy (non-hydrogen) atoms. The Labute approximate surface area is 147 Å². The third-order valence-electron chi connectivity index (χ3n) is 3.60. The number of benzene rings is 1. The molecule has 2 N–H and O–H groups in total. The van der Waals surface area contributed by atoms with Gasteiger partial charge in [0, 0.05) is 11.9 Å². The lowest BCUT2D eigenvalue weighted by Crippen LogP contribution is -2.44. The molecule has 1 heterocycles. The van der Waals surface area contributed by atoms with Crippen LogP contribution in [0.3, 0.4) is 0 Å². The third kappa shape index (κ3) is 4.10. The van der Waals surface area contributed by atoms with Crippen molar-refractivity contribution in [1.29, 1.82) is 5.26 Å². The van der Waals surface area contributed by atoms with E-state index < -0.39 is 28.8 Å². The summed E-state index contributed by atoms with van der Waals surface area (Å²) in [6.45, 7) is 4.91. The molecule has 0 aliphatic carbocycles. The first kappa shape index (κ1) is 19.2. The molecule has 0 saturated heterocycles. The normalized spacial score (nSPS) is 13.5. The summed E-state index contributed by atoms with van der Waals surface area (Å²) >= 11 is 0. The van der Waals surface area contributed by atoms with Crippen molar-refractivity contribution in [2.24, 2.45) is 0 Å². The van der Waals surface area contributed by atoms with Gasteiger partial charge in [0.25, 0.3) is 5.91 Å². The van der Waals surface area contributed by atoms with Gasteiger partial charge in [-0.3, -0.25) is 9.48 Å². The van der Waals surface area contributed by atoms with Gasteiger partial charge >= 0.3 is 6.18 Å². The van der Waals surface area contributed by atoms with Crippen molar-refractivity contribution >= 4 is 11.6 Å². The van der Waals surface area contributed by atoms with Gasteiger partial charge in [-0.15, -0.1) is 0 Å². The lowest BCUT2D eigenvalue weighted by atomic mass is 10.0. The number of nitrogens with zero attached hydrogens (tertiary/aromatic N) is 3. The highest BCUT2D eigenvalue weighted by atomic mass is 19.4. The maximum atomic E-state index is 13.0. The first-order chi connectivity index (χ1) is 12.1. The number of rotatable bonds is 5. The number of carbonyl (C=O) groups excluding carboxylic acids is 1. The Bertz CT molecular complexity index is 883. The predicted octanol–water partition coefficient (Wildman–Crippen LogP) is 2.64. The second kappa shape index (κ2) is 7.01. The molecular formula is C17H15F3N4O2. The molecule has 1 aromatic heterocycles. The quantitative estimate of drug-likeness (QED) is 0.798. The Hall–Kier alpha value is -3.12. The molecule has 0 bridgehead atoms. The highest BCUT2D eigenvalue weighted by molar-refractivity contribution is 5.98. The number of nitriles is 1. The van der Waals surface area contributed by atoms with E-state index >= 15 is 0 Å². The van der Waals surface area contributed by atoms with Crippen LogP contribution in [0.5, 0.6) is 0 Å². The number of anilines is 1. The Morgan fingerprint density at radius 2 is 2.19 bits per heavy atom. The van der Waals surface area contributed by atoms with Gasteiger partial charge in [-0.05, 0) is 36.8 Å². The minimum absolute atomic E-state index is 0.210. The van der Waals surface area contributed by atoms with Crippen LogP contribution in [-0.4, -0.2) is 26.4 Å². The molecule has 0 fully saturated rings. The van der Waals surface area contributed by atoms with E-state index in [-0.39, 0.29) is 12.2 Å². The van der Waals surface area contributed by atoms with E-state index in [1.165, 1.54) is 16.9 Å². The van der Waals surface area contributed by atoms with Gasteiger partial charge in [-0.25, -0.2) is 0 Å². The smallest absolute Gasteiger partial charge is 0.374 e. The molecule has 9 heteroatoms. The van der Waals surface area contributed by atoms with Gasteiger partial charge in [0.15, 0.2) is 5.60 Å². The molecule has 2 rings (SSSR count). The van der Waals surface area contributed by atoms with Gasteiger partial charge in [0.05, 0.1) is 29.9 Å². The Morgan fingerprint density at radius 3 is 2.69 bits per heavy atom. The zero-order chi connectivity index (χ0) is 19.5. The SMILES string of the molecule is C=C[C@](O)(Cn1cc(C)cn1)C(=O)Nc1ccc(C#N)c(C(F)(F)F)c1. The van der Waals surface area contributed by atoms with Crippen LogP contribution in [0.2, 0.25) is 0 Å². The number of hydrogen-bond acceptors (Lipinski definition) is 4. The predicted molar refractivity (Wildman–Crippen MR) is 86.9 cm³/mol. The van der Waals surface area contributed by atoms with Gasteiger partial charge in [0.2, 0.25) is 0 Å². The lowest BCUT2D eigenvalue weighted by molar-refractivity contribution is -0.137. The van der Waals surface area contributed by atoms with E-state index in [9.17, 15) is 23.1 Å². The van der Waals surface area contributed by atoms with Gasteiger partial charge in [-0.1, -0.05) is 6.58 Å². The Balaban J connectivity index is 2.27. The Kier molecular flexibility index (Phi) is 5.18. The molecule has 1 aromatic carbocycles. The average Bonchev–Trinajstić information content (AvgIpc) is 2.98. The van der Waals surface area contributed by atoms with Crippen molar-refractivity contribution in [2.45, 2.75) is 25.2 Å². The Morgan fingerprint density at radius 1 is 1.50 bits per heavy atom. The van der Waals surface area contributed by atoms with Crippen LogP contribution < -0.4 is 5.32 Å². The zero-order valence-electron chi connectivity index (χ0n) is 13.7. The summed E-state index contributed by atoms with van der Waals surface area (Å²) in [5.74, 6) is -0.974. The van der Waals surface area contributed by atoms with E-state index in [0.29, 0.717) is 6.07 Å². The molecule has 0 radical (unpaired) electrons. The summed E-state index contributed by atoms with van der Waals surface area (Å²) in [5, 5.41) is 25.4. The van der Waals surface area contributed by atoms with Crippen molar-refractivity contribution in [3.8, 4) is 6.07 Å². The number of amides is 1. The number of hydrogen-bond donors (Lipinski definition) is 2. The summed E-state index contributed by atoms with van der Waals surface area (Å²) < 4.78 is 40.3. The van der Waals surface area contributed by atoms with Crippen molar-refractivity contribution in [1.82, 2.24) is 9.78 Å². The van der Waals surface area contributed by atoms with E-state index in [1.807, 2.05) is 0 Å². The van der Waals surface area contributed by atoms with Gasteiger partial charge in [0.1, 0.15) is 0 Å². The average molecular weight is 364 g/mol. The standard InChI is InChI=1S/C17H15F3N4O2/c1-3-16(26,10-24-9-11(2)8-22-24)15(25)23-13-5-4-12(7-21)14(6-13)17(18,19)20/h3-6,8-9,26H,1,10H2,2H3,(H,23,25)/t16-/m0/s1. The first-order valence-electron chi connectivity index (χ1n) is 7.37. The molecule has 2 aromatic rings. The van der Waals surface area contributed by atoms with Crippen LogP contribution in [-0.2, 0) is 17.5 Å². The minimum Gasteiger partial charge on any atom is -0.374 e. The summed E-state index contributed by atoms with van der Waals surface area (Å²) in [6.07, 6.45) is -0.663. The number of alkyl halides is 3. The molecule has 0 unspecified atom stereocenters.